The first-order valence-electron chi connectivity index (χ1n) is 6.81. The van der Waals surface area contributed by atoms with Crippen LogP contribution in [0.1, 0.15) is 25.7 Å². The molecule has 2 unspecified atom stereocenters. The van der Waals surface area contributed by atoms with Crippen LogP contribution in [0.2, 0.25) is 0 Å². The van der Waals surface area contributed by atoms with Crippen LogP contribution in [0, 0.1) is 0 Å². The van der Waals surface area contributed by atoms with Crippen molar-refractivity contribution in [2.75, 3.05) is 17.0 Å². The second-order valence-electron chi connectivity index (χ2n) is 5.05. The lowest BCUT2D eigenvalue weighted by molar-refractivity contribution is 0.473. The second-order valence-corrected chi connectivity index (χ2v) is 7.08. The van der Waals surface area contributed by atoms with Gasteiger partial charge in [0.15, 0.2) is 0 Å². The molecule has 1 aliphatic carbocycles. The number of aromatic nitrogens is 2. The summed E-state index contributed by atoms with van der Waals surface area (Å²) in [5, 5.41) is 7.47. The van der Waals surface area contributed by atoms with Crippen LogP contribution in [0.4, 0.5) is 11.8 Å². The zero-order chi connectivity index (χ0) is 13.9. The van der Waals surface area contributed by atoms with E-state index in [0.29, 0.717) is 12.0 Å². The predicted octanol–water partition coefficient (Wildman–Crippen LogP) is 3.06. The van der Waals surface area contributed by atoms with Crippen LogP contribution >= 0.6 is 23.1 Å². The minimum absolute atomic E-state index is 0.472. The Bertz CT molecular complexity index is 585. The molecule has 108 valence electrons. The lowest BCUT2D eigenvalue weighted by Gasteiger charge is -2.29. The van der Waals surface area contributed by atoms with E-state index in [0.717, 1.165) is 21.3 Å². The molecular weight excluding hydrogens is 290 g/mol. The topological polar surface area (TPSA) is 75.9 Å². The first-order chi connectivity index (χ1) is 9.80. The van der Waals surface area contributed by atoms with Gasteiger partial charge in [-0.3, -0.25) is 5.43 Å². The molecule has 2 aromatic rings. The monoisotopic (exact) mass is 309 g/mol. The molecule has 2 heterocycles. The minimum atomic E-state index is 0.472. The van der Waals surface area contributed by atoms with E-state index in [2.05, 4.69) is 33.0 Å². The zero-order valence-electron chi connectivity index (χ0n) is 11.4. The Labute approximate surface area is 126 Å². The van der Waals surface area contributed by atoms with Crippen molar-refractivity contribution in [2.45, 2.75) is 37.0 Å². The van der Waals surface area contributed by atoms with Gasteiger partial charge in [0, 0.05) is 11.3 Å². The van der Waals surface area contributed by atoms with Gasteiger partial charge in [-0.25, -0.2) is 10.8 Å². The molecule has 0 aliphatic heterocycles. The molecule has 1 aliphatic rings. The Morgan fingerprint density at radius 3 is 3.10 bits per heavy atom. The zero-order valence-corrected chi connectivity index (χ0v) is 13.1. The van der Waals surface area contributed by atoms with Crippen LogP contribution in [-0.4, -0.2) is 27.5 Å². The Hall–Kier alpha value is -1.05. The third-order valence-corrected chi connectivity index (χ3v) is 5.66. The van der Waals surface area contributed by atoms with Crippen molar-refractivity contribution in [1.29, 1.82) is 0 Å². The fourth-order valence-corrected chi connectivity index (χ4v) is 4.30. The number of rotatable bonds is 4. The van der Waals surface area contributed by atoms with E-state index in [1.807, 2.05) is 17.1 Å². The van der Waals surface area contributed by atoms with Gasteiger partial charge in [0.25, 0.3) is 0 Å². The number of hydrogen-bond donors (Lipinski definition) is 3. The number of hydrogen-bond acceptors (Lipinski definition) is 7. The summed E-state index contributed by atoms with van der Waals surface area (Å²) in [6, 6.07) is 2.56. The number of nitrogen functional groups attached to an aromatic ring is 1. The summed E-state index contributed by atoms with van der Waals surface area (Å²) in [5.41, 5.74) is 2.55. The molecule has 0 amide bonds. The first-order valence-corrected chi connectivity index (χ1v) is 8.98. The summed E-state index contributed by atoms with van der Waals surface area (Å²) in [6.07, 6.45) is 7.21. The van der Waals surface area contributed by atoms with Gasteiger partial charge in [0.05, 0.1) is 5.39 Å². The van der Waals surface area contributed by atoms with Gasteiger partial charge in [0.2, 0.25) is 5.95 Å². The number of nitrogens with two attached hydrogens (primary N) is 1. The fraction of sp³-hybridized carbons (Fsp3) is 0.538. The molecule has 0 aromatic carbocycles. The third-order valence-electron chi connectivity index (χ3n) is 3.75. The van der Waals surface area contributed by atoms with Crippen LogP contribution in [0.3, 0.4) is 0 Å². The van der Waals surface area contributed by atoms with E-state index in [-0.39, 0.29) is 0 Å². The van der Waals surface area contributed by atoms with Gasteiger partial charge < -0.3 is 5.32 Å². The van der Waals surface area contributed by atoms with E-state index in [4.69, 9.17) is 5.84 Å². The number of hydrazine groups is 1. The standard InChI is InChI=1S/C13H19N5S2/c1-19-9-4-2-3-8(7-9)15-11-10-5-6-20-12(10)17-13(16-11)18-14/h5-6,8-9H,2-4,7,14H2,1H3,(H2,15,16,17,18). The average Bonchev–Trinajstić information content (AvgIpc) is 2.96. The Morgan fingerprint density at radius 1 is 1.40 bits per heavy atom. The number of fused-ring (bicyclic) bond motifs is 1. The quantitative estimate of drug-likeness (QED) is 0.595. The minimum Gasteiger partial charge on any atom is -0.367 e. The fourth-order valence-electron chi connectivity index (χ4n) is 2.71. The predicted molar refractivity (Wildman–Crippen MR) is 88.4 cm³/mol. The number of anilines is 2. The Kier molecular flexibility index (Phi) is 4.28. The summed E-state index contributed by atoms with van der Waals surface area (Å²) < 4.78 is 0. The van der Waals surface area contributed by atoms with E-state index < -0.39 is 0 Å². The van der Waals surface area contributed by atoms with Gasteiger partial charge in [-0.1, -0.05) is 6.42 Å². The van der Waals surface area contributed by atoms with E-state index in [1.54, 1.807) is 11.3 Å². The first kappa shape index (κ1) is 13.9. The molecule has 0 radical (unpaired) electrons. The summed E-state index contributed by atoms with van der Waals surface area (Å²) in [5.74, 6) is 6.82. The SMILES string of the molecule is CSC1CCCC(Nc2nc(NN)nc3sccc23)C1. The Morgan fingerprint density at radius 2 is 2.30 bits per heavy atom. The van der Waals surface area contributed by atoms with Crippen molar-refractivity contribution in [3.8, 4) is 0 Å². The van der Waals surface area contributed by atoms with Crippen molar-refractivity contribution >= 4 is 45.1 Å². The molecule has 7 heteroatoms. The van der Waals surface area contributed by atoms with Crippen molar-refractivity contribution in [3.05, 3.63) is 11.4 Å². The molecule has 3 rings (SSSR count). The van der Waals surface area contributed by atoms with Gasteiger partial charge in [-0.15, -0.1) is 11.3 Å². The van der Waals surface area contributed by atoms with Crippen molar-refractivity contribution in [2.24, 2.45) is 5.84 Å². The maximum atomic E-state index is 5.45. The molecule has 0 saturated heterocycles. The second kappa shape index (κ2) is 6.15. The smallest absolute Gasteiger partial charge is 0.240 e. The largest absolute Gasteiger partial charge is 0.367 e. The molecule has 5 nitrogen and oxygen atoms in total. The molecular formula is C13H19N5S2. The summed E-state index contributed by atoms with van der Waals surface area (Å²) in [4.78, 5) is 9.81. The van der Waals surface area contributed by atoms with Crippen LogP contribution in [0.25, 0.3) is 10.2 Å². The van der Waals surface area contributed by atoms with E-state index >= 15 is 0 Å². The van der Waals surface area contributed by atoms with Gasteiger partial charge in [-0.2, -0.15) is 16.7 Å². The molecule has 4 N–H and O–H groups in total. The van der Waals surface area contributed by atoms with Crippen LogP contribution in [0.5, 0.6) is 0 Å². The van der Waals surface area contributed by atoms with Gasteiger partial charge >= 0.3 is 0 Å². The highest BCUT2D eigenvalue weighted by Crippen LogP contribution is 2.31. The molecule has 0 spiro atoms. The van der Waals surface area contributed by atoms with Crippen molar-refractivity contribution in [1.82, 2.24) is 9.97 Å². The van der Waals surface area contributed by atoms with Crippen LogP contribution < -0.4 is 16.6 Å². The van der Waals surface area contributed by atoms with Crippen molar-refractivity contribution < 1.29 is 0 Å². The normalized spacial score (nSPS) is 22.9. The molecule has 1 fully saturated rings. The van der Waals surface area contributed by atoms with Gasteiger partial charge in [0.1, 0.15) is 10.6 Å². The number of thiophene rings is 1. The summed E-state index contributed by atoms with van der Waals surface area (Å²) >= 11 is 3.58. The highest BCUT2D eigenvalue weighted by Gasteiger charge is 2.22. The highest BCUT2D eigenvalue weighted by atomic mass is 32.2. The lowest BCUT2D eigenvalue weighted by atomic mass is 9.95. The third kappa shape index (κ3) is 2.84. The van der Waals surface area contributed by atoms with Crippen LogP contribution in [-0.2, 0) is 0 Å². The maximum absolute atomic E-state index is 5.45. The maximum Gasteiger partial charge on any atom is 0.240 e. The summed E-state index contributed by atoms with van der Waals surface area (Å²) in [7, 11) is 0. The van der Waals surface area contributed by atoms with E-state index in [1.165, 1.54) is 25.7 Å². The van der Waals surface area contributed by atoms with Crippen LogP contribution in [0.15, 0.2) is 11.4 Å². The molecule has 2 aromatic heterocycles. The highest BCUT2D eigenvalue weighted by molar-refractivity contribution is 7.99. The van der Waals surface area contributed by atoms with Gasteiger partial charge in [-0.05, 0) is 37.0 Å². The van der Waals surface area contributed by atoms with Crippen molar-refractivity contribution in [3.63, 3.8) is 0 Å². The number of nitrogens with zero attached hydrogens (tertiary/aromatic N) is 2. The van der Waals surface area contributed by atoms with E-state index in [9.17, 15) is 0 Å². The average molecular weight is 309 g/mol. The lowest BCUT2D eigenvalue weighted by Crippen LogP contribution is -2.29. The molecule has 0 bridgehead atoms. The summed E-state index contributed by atoms with van der Waals surface area (Å²) in [6.45, 7) is 0. The molecule has 2 atom stereocenters. The molecule has 20 heavy (non-hydrogen) atoms. The molecule has 1 saturated carbocycles. The Balaban J connectivity index is 1.84. The number of thioether (sulfide) groups is 1. The number of nitrogens with one attached hydrogen (secondary N) is 2.